The highest BCUT2D eigenvalue weighted by atomic mass is 16.1. The summed E-state index contributed by atoms with van der Waals surface area (Å²) in [5.74, 6) is 0.271. The molecule has 0 aliphatic rings. The maximum Gasteiger partial charge on any atom is 0.251 e. The third kappa shape index (κ3) is 4.19. The fourth-order valence-corrected chi connectivity index (χ4v) is 2.50. The monoisotopic (exact) mass is 281 g/mol. The van der Waals surface area contributed by atoms with E-state index in [-0.39, 0.29) is 17.2 Å². The zero-order valence-electron chi connectivity index (χ0n) is 13.0. The maximum atomic E-state index is 12.2. The van der Waals surface area contributed by atoms with E-state index in [9.17, 15) is 4.79 Å². The molecule has 0 spiro atoms. The van der Waals surface area contributed by atoms with Gasteiger partial charge in [-0.15, -0.1) is 0 Å². The molecular weight excluding hydrogens is 258 g/mol. The minimum absolute atomic E-state index is 0.0132. The van der Waals surface area contributed by atoms with E-state index in [1.807, 2.05) is 48.5 Å². The summed E-state index contributed by atoms with van der Waals surface area (Å²) in [5.41, 5.74) is 2.06. The zero-order valence-corrected chi connectivity index (χ0v) is 13.0. The number of benzene rings is 2. The van der Waals surface area contributed by atoms with Gasteiger partial charge < -0.3 is 5.32 Å². The van der Waals surface area contributed by atoms with Gasteiger partial charge in [0, 0.05) is 18.0 Å². The lowest BCUT2D eigenvalue weighted by molar-refractivity contribution is 0.0945. The van der Waals surface area contributed by atoms with E-state index in [2.05, 4.69) is 38.2 Å². The van der Waals surface area contributed by atoms with Crippen molar-refractivity contribution in [2.24, 2.45) is 5.41 Å². The van der Waals surface area contributed by atoms with Crippen molar-refractivity contribution in [3.05, 3.63) is 71.8 Å². The minimum Gasteiger partial charge on any atom is -0.351 e. The first-order valence-electron chi connectivity index (χ1n) is 7.36. The fraction of sp³-hybridized carbons (Fsp3) is 0.316. The van der Waals surface area contributed by atoms with Gasteiger partial charge in [0.2, 0.25) is 0 Å². The predicted molar refractivity (Wildman–Crippen MR) is 87.4 cm³/mol. The molecule has 0 radical (unpaired) electrons. The van der Waals surface area contributed by atoms with E-state index >= 15 is 0 Å². The molecule has 21 heavy (non-hydrogen) atoms. The Hall–Kier alpha value is -2.09. The SMILES string of the molecule is CC(C)(C)C(CNC(=O)c1ccccc1)c1ccccc1. The van der Waals surface area contributed by atoms with Crippen LogP contribution in [-0.2, 0) is 0 Å². The fourth-order valence-electron chi connectivity index (χ4n) is 2.50. The molecule has 0 aromatic heterocycles. The molecule has 2 heteroatoms. The van der Waals surface area contributed by atoms with Crippen LogP contribution in [0.5, 0.6) is 0 Å². The van der Waals surface area contributed by atoms with Crippen LogP contribution in [0.4, 0.5) is 0 Å². The molecule has 2 rings (SSSR count). The summed E-state index contributed by atoms with van der Waals surface area (Å²) in [6.07, 6.45) is 0. The number of nitrogens with one attached hydrogen (secondary N) is 1. The molecule has 0 heterocycles. The first-order valence-corrected chi connectivity index (χ1v) is 7.36. The molecule has 0 fully saturated rings. The van der Waals surface area contributed by atoms with E-state index in [1.54, 1.807) is 0 Å². The highest BCUT2D eigenvalue weighted by molar-refractivity contribution is 5.94. The van der Waals surface area contributed by atoms with Gasteiger partial charge in [-0.3, -0.25) is 4.79 Å². The molecule has 1 atom stereocenters. The second-order valence-electron chi connectivity index (χ2n) is 6.41. The average Bonchev–Trinajstić information content (AvgIpc) is 2.48. The van der Waals surface area contributed by atoms with Crippen molar-refractivity contribution in [2.75, 3.05) is 6.54 Å². The zero-order chi connectivity index (χ0) is 15.3. The summed E-state index contributed by atoms with van der Waals surface area (Å²) in [4.78, 5) is 12.2. The maximum absolute atomic E-state index is 12.2. The Morgan fingerprint density at radius 1 is 0.952 bits per heavy atom. The van der Waals surface area contributed by atoms with E-state index in [0.29, 0.717) is 12.1 Å². The second kappa shape index (κ2) is 6.57. The first-order chi connectivity index (χ1) is 9.98. The average molecular weight is 281 g/mol. The van der Waals surface area contributed by atoms with Crippen LogP contribution in [0.2, 0.25) is 0 Å². The highest BCUT2D eigenvalue weighted by Crippen LogP contribution is 2.34. The second-order valence-corrected chi connectivity index (χ2v) is 6.41. The van der Waals surface area contributed by atoms with Gasteiger partial charge in [-0.2, -0.15) is 0 Å². The lowest BCUT2D eigenvalue weighted by Gasteiger charge is -2.31. The molecule has 0 saturated heterocycles. The largest absolute Gasteiger partial charge is 0.351 e. The van der Waals surface area contributed by atoms with Crippen LogP contribution >= 0.6 is 0 Å². The Morgan fingerprint density at radius 2 is 1.48 bits per heavy atom. The van der Waals surface area contributed by atoms with Crippen molar-refractivity contribution >= 4 is 5.91 Å². The van der Waals surface area contributed by atoms with Crippen molar-refractivity contribution in [1.82, 2.24) is 5.32 Å². The van der Waals surface area contributed by atoms with Gasteiger partial charge in [0.1, 0.15) is 0 Å². The molecule has 1 unspecified atom stereocenters. The molecule has 1 N–H and O–H groups in total. The van der Waals surface area contributed by atoms with Crippen LogP contribution in [0.15, 0.2) is 60.7 Å². The molecular formula is C19H23NO. The number of carbonyl (C=O) groups is 1. The van der Waals surface area contributed by atoms with Crippen LogP contribution in [0.1, 0.15) is 42.6 Å². The topological polar surface area (TPSA) is 29.1 Å². The molecule has 0 aliphatic heterocycles. The number of carbonyl (C=O) groups excluding carboxylic acids is 1. The lowest BCUT2D eigenvalue weighted by atomic mass is 9.76. The Bertz CT molecular complexity index is 570. The molecule has 110 valence electrons. The standard InChI is InChI=1S/C19H23NO/c1-19(2,3)17(15-10-6-4-7-11-15)14-20-18(21)16-12-8-5-9-13-16/h4-13,17H,14H2,1-3H3,(H,20,21). The van der Waals surface area contributed by atoms with Gasteiger partial charge in [0.05, 0.1) is 0 Å². The van der Waals surface area contributed by atoms with Crippen molar-refractivity contribution in [2.45, 2.75) is 26.7 Å². The Kier molecular flexibility index (Phi) is 4.79. The summed E-state index contributed by atoms with van der Waals surface area (Å²) >= 11 is 0. The van der Waals surface area contributed by atoms with Crippen molar-refractivity contribution in [3.8, 4) is 0 Å². The van der Waals surface area contributed by atoms with Gasteiger partial charge in [-0.05, 0) is 23.1 Å². The molecule has 0 saturated carbocycles. The molecule has 2 aromatic rings. The molecule has 1 amide bonds. The summed E-state index contributed by atoms with van der Waals surface area (Å²) in [5, 5.41) is 3.07. The molecule has 2 aromatic carbocycles. The molecule has 0 aliphatic carbocycles. The van der Waals surface area contributed by atoms with Gasteiger partial charge in [-0.1, -0.05) is 69.3 Å². The Morgan fingerprint density at radius 3 is 2.00 bits per heavy atom. The summed E-state index contributed by atoms with van der Waals surface area (Å²) in [6, 6.07) is 19.7. The number of rotatable bonds is 4. The van der Waals surface area contributed by atoms with E-state index < -0.39 is 0 Å². The van der Waals surface area contributed by atoms with E-state index in [4.69, 9.17) is 0 Å². The summed E-state index contributed by atoms with van der Waals surface area (Å²) < 4.78 is 0. The van der Waals surface area contributed by atoms with Crippen molar-refractivity contribution in [3.63, 3.8) is 0 Å². The molecule has 2 nitrogen and oxygen atoms in total. The minimum atomic E-state index is -0.0132. The van der Waals surface area contributed by atoms with Gasteiger partial charge in [0.25, 0.3) is 5.91 Å². The Labute approximate surface area is 127 Å². The predicted octanol–water partition coefficient (Wildman–Crippen LogP) is 4.25. The van der Waals surface area contributed by atoms with Crippen LogP contribution in [0.25, 0.3) is 0 Å². The third-order valence-electron chi connectivity index (χ3n) is 3.75. The first kappa shape index (κ1) is 15.3. The highest BCUT2D eigenvalue weighted by Gasteiger charge is 2.26. The van der Waals surface area contributed by atoms with Gasteiger partial charge >= 0.3 is 0 Å². The van der Waals surface area contributed by atoms with Crippen LogP contribution in [0.3, 0.4) is 0 Å². The third-order valence-corrected chi connectivity index (χ3v) is 3.75. The number of amides is 1. The van der Waals surface area contributed by atoms with Crippen LogP contribution < -0.4 is 5.32 Å². The number of hydrogen-bond acceptors (Lipinski definition) is 1. The normalized spacial score (nSPS) is 12.7. The van der Waals surface area contributed by atoms with E-state index in [0.717, 1.165) is 0 Å². The summed E-state index contributed by atoms with van der Waals surface area (Å²) in [6.45, 7) is 7.26. The van der Waals surface area contributed by atoms with E-state index in [1.165, 1.54) is 5.56 Å². The summed E-state index contributed by atoms with van der Waals surface area (Å²) in [7, 11) is 0. The van der Waals surface area contributed by atoms with Gasteiger partial charge in [0.15, 0.2) is 0 Å². The van der Waals surface area contributed by atoms with Crippen LogP contribution in [0, 0.1) is 5.41 Å². The Balaban J connectivity index is 2.09. The van der Waals surface area contributed by atoms with Gasteiger partial charge in [-0.25, -0.2) is 0 Å². The van der Waals surface area contributed by atoms with Crippen molar-refractivity contribution in [1.29, 1.82) is 0 Å². The lowest BCUT2D eigenvalue weighted by Crippen LogP contribution is -2.33. The van der Waals surface area contributed by atoms with Crippen LogP contribution in [-0.4, -0.2) is 12.5 Å². The quantitative estimate of drug-likeness (QED) is 0.892. The number of hydrogen-bond donors (Lipinski definition) is 1. The van der Waals surface area contributed by atoms with Crippen molar-refractivity contribution < 1.29 is 4.79 Å². The smallest absolute Gasteiger partial charge is 0.251 e. The molecule has 0 bridgehead atoms.